The molecule has 0 radical (unpaired) electrons. The summed E-state index contributed by atoms with van der Waals surface area (Å²) in [5.74, 6) is 1.16. The van der Waals surface area contributed by atoms with Gasteiger partial charge in [-0.05, 0) is 17.9 Å². The quantitative estimate of drug-likeness (QED) is 0.781. The molecule has 0 spiro atoms. The minimum absolute atomic E-state index is 0.280. The van der Waals surface area contributed by atoms with Crippen molar-refractivity contribution in [1.29, 1.82) is 0 Å². The zero-order valence-corrected chi connectivity index (χ0v) is 10.1. The maximum Gasteiger partial charge on any atom is 0.0108 e. The van der Waals surface area contributed by atoms with E-state index in [1.54, 1.807) is 0 Å². The highest BCUT2D eigenvalue weighted by molar-refractivity contribution is 5.21. The molecule has 0 saturated carbocycles. The van der Waals surface area contributed by atoms with Crippen LogP contribution >= 0.6 is 0 Å². The Morgan fingerprint density at radius 3 is 2.13 bits per heavy atom. The third-order valence-electron chi connectivity index (χ3n) is 3.37. The van der Waals surface area contributed by atoms with Gasteiger partial charge in [-0.3, -0.25) is 0 Å². The molecular weight excluding hydrogens is 182 g/mol. The van der Waals surface area contributed by atoms with E-state index in [0.717, 1.165) is 6.42 Å². The summed E-state index contributed by atoms with van der Waals surface area (Å²) >= 11 is 0. The average molecular weight is 205 g/mol. The van der Waals surface area contributed by atoms with Crippen molar-refractivity contribution in [2.45, 2.75) is 45.6 Å². The number of rotatable bonds is 5. The van der Waals surface area contributed by atoms with Gasteiger partial charge in [0.1, 0.15) is 0 Å². The van der Waals surface area contributed by atoms with Crippen LogP contribution in [-0.4, -0.2) is 6.04 Å². The van der Waals surface area contributed by atoms with Crippen LogP contribution in [0.3, 0.4) is 0 Å². The molecule has 1 aromatic carbocycles. The number of benzene rings is 1. The van der Waals surface area contributed by atoms with Crippen LogP contribution in [0.15, 0.2) is 30.3 Å². The Morgan fingerprint density at radius 1 is 1.07 bits per heavy atom. The molecule has 0 aliphatic heterocycles. The second-order valence-corrected chi connectivity index (χ2v) is 4.39. The molecule has 1 aromatic rings. The van der Waals surface area contributed by atoms with E-state index < -0.39 is 0 Å². The molecule has 15 heavy (non-hydrogen) atoms. The maximum atomic E-state index is 6.23. The van der Waals surface area contributed by atoms with Gasteiger partial charge in [0.25, 0.3) is 0 Å². The van der Waals surface area contributed by atoms with Crippen molar-refractivity contribution < 1.29 is 0 Å². The van der Waals surface area contributed by atoms with E-state index in [4.69, 9.17) is 5.73 Å². The highest BCUT2D eigenvalue weighted by Gasteiger charge is 2.23. The van der Waals surface area contributed by atoms with Crippen LogP contribution in [0.25, 0.3) is 0 Å². The van der Waals surface area contributed by atoms with Crippen LogP contribution in [0.4, 0.5) is 0 Å². The van der Waals surface area contributed by atoms with Crippen molar-refractivity contribution in [3.05, 3.63) is 35.9 Å². The van der Waals surface area contributed by atoms with Crippen LogP contribution < -0.4 is 5.73 Å². The fraction of sp³-hybridized carbons (Fsp3) is 0.571. The largest absolute Gasteiger partial charge is 0.327 e. The number of nitrogens with two attached hydrogens (primary N) is 1. The molecule has 0 fully saturated rings. The lowest BCUT2D eigenvalue weighted by Gasteiger charge is -2.28. The van der Waals surface area contributed by atoms with Gasteiger partial charge in [0.05, 0.1) is 0 Å². The summed E-state index contributed by atoms with van der Waals surface area (Å²) in [6, 6.07) is 11.0. The average Bonchev–Trinajstić information content (AvgIpc) is 2.30. The fourth-order valence-corrected chi connectivity index (χ4v) is 2.18. The Bertz CT molecular complexity index is 258. The number of hydrogen-bond donors (Lipinski definition) is 1. The second kappa shape index (κ2) is 5.92. The highest BCUT2D eigenvalue weighted by atomic mass is 14.6. The van der Waals surface area contributed by atoms with Gasteiger partial charge in [-0.2, -0.15) is 0 Å². The van der Waals surface area contributed by atoms with E-state index in [1.165, 1.54) is 12.0 Å². The third-order valence-corrected chi connectivity index (χ3v) is 3.37. The molecule has 0 saturated heterocycles. The smallest absolute Gasteiger partial charge is 0.0108 e. The van der Waals surface area contributed by atoms with Crippen LogP contribution in [0, 0.1) is 5.92 Å². The van der Waals surface area contributed by atoms with E-state index in [9.17, 15) is 0 Å². The third kappa shape index (κ3) is 3.07. The predicted molar refractivity (Wildman–Crippen MR) is 66.9 cm³/mol. The SMILES string of the molecule is CCC(C)C(c1ccccc1)C(N)CC. The maximum absolute atomic E-state index is 6.23. The van der Waals surface area contributed by atoms with Crippen molar-refractivity contribution in [2.75, 3.05) is 0 Å². The second-order valence-electron chi connectivity index (χ2n) is 4.39. The van der Waals surface area contributed by atoms with E-state index in [-0.39, 0.29) is 6.04 Å². The van der Waals surface area contributed by atoms with Crippen molar-refractivity contribution in [3.8, 4) is 0 Å². The van der Waals surface area contributed by atoms with Crippen molar-refractivity contribution in [1.82, 2.24) is 0 Å². The molecule has 2 N–H and O–H groups in total. The van der Waals surface area contributed by atoms with Gasteiger partial charge in [0, 0.05) is 12.0 Å². The van der Waals surface area contributed by atoms with E-state index >= 15 is 0 Å². The van der Waals surface area contributed by atoms with Crippen molar-refractivity contribution >= 4 is 0 Å². The van der Waals surface area contributed by atoms with E-state index in [2.05, 4.69) is 51.1 Å². The molecule has 1 nitrogen and oxygen atoms in total. The monoisotopic (exact) mass is 205 g/mol. The summed E-state index contributed by atoms with van der Waals surface area (Å²) in [5.41, 5.74) is 7.62. The Balaban J connectivity index is 2.91. The van der Waals surface area contributed by atoms with Crippen LogP contribution in [-0.2, 0) is 0 Å². The molecule has 3 atom stereocenters. The summed E-state index contributed by atoms with van der Waals surface area (Å²) in [6.07, 6.45) is 2.23. The lowest BCUT2D eigenvalue weighted by molar-refractivity contribution is 0.375. The van der Waals surface area contributed by atoms with Crippen LogP contribution in [0.5, 0.6) is 0 Å². The Morgan fingerprint density at radius 2 is 1.67 bits per heavy atom. The van der Waals surface area contributed by atoms with E-state index in [1.807, 2.05) is 0 Å². The summed E-state index contributed by atoms with van der Waals surface area (Å²) in [4.78, 5) is 0. The first-order chi connectivity index (χ1) is 7.20. The molecule has 0 amide bonds. The molecule has 0 aliphatic rings. The minimum Gasteiger partial charge on any atom is -0.327 e. The van der Waals surface area contributed by atoms with Gasteiger partial charge in [0.15, 0.2) is 0 Å². The topological polar surface area (TPSA) is 26.0 Å². The normalized spacial score (nSPS) is 17.1. The summed E-state index contributed by atoms with van der Waals surface area (Å²) in [5, 5.41) is 0. The van der Waals surface area contributed by atoms with Crippen molar-refractivity contribution in [3.63, 3.8) is 0 Å². The lowest BCUT2D eigenvalue weighted by Crippen LogP contribution is -2.31. The highest BCUT2D eigenvalue weighted by Crippen LogP contribution is 2.30. The predicted octanol–water partition coefficient (Wildman–Crippen LogP) is 3.55. The van der Waals surface area contributed by atoms with Gasteiger partial charge in [-0.25, -0.2) is 0 Å². The molecule has 84 valence electrons. The summed E-state index contributed by atoms with van der Waals surface area (Å²) in [6.45, 7) is 6.71. The van der Waals surface area contributed by atoms with E-state index in [0.29, 0.717) is 11.8 Å². The van der Waals surface area contributed by atoms with Gasteiger partial charge in [0.2, 0.25) is 0 Å². The van der Waals surface area contributed by atoms with Crippen LogP contribution in [0.2, 0.25) is 0 Å². The standard InChI is InChI=1S/C14H23N/c1-4-11(3)14(13(15)5-2)12-9-7-6-8-10-12/h6-11,13-14H,4-5,15H2,1-3H3. The van der Waals surface area contributed by atoms with Gasteiger partial charge in [-0.15, -0.1) is 0 Å². The van der Waals surface area contributed by atoms with Gasteiger partial charge >= 0.3 is 0 Å². The molecule has 1 heteroatoms. The minimum atomic E-state index is 0.280. The molecule has 0 aromatic heterocycles. The van der Waals surface area contributed by atoms with Crippen LogP contribution in [0.1, 0.15) is 45.1 Å². The fourth-order valence-electron chi connectivity index (χ4n) is 2.18. The zero-order chi connectivity index (χ0) is 11.3. The Hall–Kier alpha value is -0.820. The summed E-state index contributed by atoms with van der Waals surface area (Å²) in [7, 11) is 0. The first-order valence-electron chi connectivity index (χ1n) is 6.01. The van der Waals surface area contributed by atoms with Gasteiger partial charge < -0.3 is 5.73 Å². The Labute approximate surface area is 93.7 Å². The zero-order valence-electron chi connectivity index (χ0n) is 10.1. The summed E-state index contributed by atoms with van der Waals surface area (Å²) < 4.78 is 0. The molecule has 1 rings (SSSR count). The first kappa shape index (κ1) is 12.3. The number of hydrogen-bond acceptors (Lipinski definition) is 1. The van der Waals surface area contributed by atoms with Gasteiger partial charge in [-0.1, -0.05) is 57.5 Å². The first-order valence-corrected chi connectivity index (χ1v) is 6.01. The Kier molecular flexibility index (Phi) is 4.83. The molecular formula is C14H23N. The molecule has 0 aliphatic carbocycles. The molecule has 0 heterocycles. The lowest BCUT2D eigenvalue weighted by atomic mass is 9.80. The molecule has 0 bridgehead atoms. The molecule has 3 unspecified atom stereocenters. The van der Waals surface area contributed by atoms with Crippen molar-refractivity contribution in [2.24, 2.45) is 11.7 Å².